The van der Waals surface area contributed by atoms with Crippen LogP contribution in [0.25, 0.3) is 5.69 Å². The first-order valence-electron chi connectivity index (χ1n) is 10.2. The molecule has 0 spiro atoms. The van der Waals surface area contributed by atoms with Gasteiger partial charge in [0.2, 0.25) is 0 Å². The van der Waals surface area contributed by atoms with Crippen LogP contribution in [0.15, 0.2) is 61.4 Å². The summed E-state index contributed by atoms with van der Waals surface area (Å²) in [6, 6.07) is 11.4. The first kappa shape index (κ1) is 20.2. The van der Waals surface area contributed by atoms with Gasteiger partial charge in [-0.3, -0.25) is 14.7 Å². The van der Waals surface area contributed by atoms with Crippen LogP contribution in [0.2, 0.25) is 0 Å². The van der Waals surface area contributed by atoms with Gasteiger partial charge in [-0.25, -0.2) is 9.67 Å². The minimum atomic E-state index is 0.0268. The van der Waals surface area contributed by atoms with Gasteiger partial charge in [0.15, 0.2) is 0 Å². The molecule has 2 aromatic heterocycles. The van der Waals surface area contributed by atoms with Gasteiger partial charge in [-0.1, -0.05) is 0 Å². The third-order valence-corrected chi connectivity index (χ3v) is 5.21. The topological polar surface area (TPSA) is 76.4 Å². The average Bonchev–Trinajstić information content (AvgIpc) is 3.35. The van der Waals surface area contributed by atoms with E-state index in [1.165, 1.54) is 6.33 Å². The molecule has 1 saturated heterocycles. The summed E-state index contributed by atoms with van der Waals surface area (Å²) < 4.78 is 7.09. The molecule has 0 saturated carbocycles. The highest BCUT2D eigenvalue weighted by Gasteiger charge is 2.17. The Morgan fingerprint density at radius 3 is 2.50 bits per heavy atom. The third kappa shape index (κ3) is 5.28. The average molecular weight is 406 g/mol. The smallest absolute Gasteiger partial charge is 0.254 e. The summed E-state index contributed by atoms with van der Waals surface area (Å²) in [5.41, 5.74) is 2.61. The van der Waals surface area contributed by atoms with E-state index in [2.05, 4.69) is 20.0 Å². The minimum absolute atomic E-state index is 0.0268. The number of hydrogen-bond donors (Lipinski definition) is 0. The molecule has 0 atom stereocenters. The molecule has 0 N–H and O–H groups in total. The van der Waals surface area contributed by atoms with Crippen LogP contribution in [-0.2, 0) is 11.3 Å². The SMILES string of the molecule is O=C(c1ccc(-n2cncn2)cc1)N(CCCN1CCOCC1)Cc1ccncc1. The number of morpholine rings is 1. The van der Waals surface area contributed by atoms with Crippen molar-refractivity contribution in [3.05, 3.63) is 72.6 Å². The quantitative estimate of drug-likeness (QED) is 0.570. The highest BCUT2D eigenvalue weighted by atomic mass is 16.5. The van der Waals surface area contributed by atoms with Crippen molar-refractivity contribution < 1.29 is 9.53 Å². The Bertz CT molecular complexity index is 909. The van der Waals surface area contributed by atoms with Crippen LogP contribution in [0.3, 0.4) is 0 Å². The van der Waals surface area contributed by atoms with Crippen molar-refractivity contribution in [1.82, 2.24) is 29.5 Å². The lowest BCUT2D eigenvalue weighted by Gasteiger charge is -2.28. The summed E-state index contributed by atoms with van der Waals surface area (Å²) in [6.07, 6.45) is 7.58. The molecular weight excluding hydrogens is 380 g/mol. The van der Waals surface area contributed by atoms with E-state index < -0.39 is 0 Å². The maximum Gasteiger partial charge on any atom is 0.254 e. The maximum atomic E-state index is 13.3. The van der Waals surface area contributed by atoms with Crippen LogP contribution < -0.4 is 0 Å². The molecule has 30 heavy (non-hydrogen) atoms. The zero-order valence-corrected chi connectivity index (χ0v) is 16.9. The molecule has 0 unspecified atom stereocenters. The summed E-state index contributed by atoms with van der Waals surface area (Å²) >= 11 is 0. The van der Waals surface area contributed by atoms with Gasteiger partial charge in [-0.2, -0.15) is 5.10 Å². The lowest BCUT2D eigenvalue weighted by Crippen LogP contribution is -2.39. The first-order chi connectivity index (χ1) is 14.8. The summed E-state index contributed by atoms with van der Waals surface area (Å²) in [4.78, 5) is 25.6. The van der Waals surface area contributed by atoms with Gasteiger partial charge in [-0.15, -0.1) is 0 Å². The molecule has 1 amide bonds. The van der Waals surface area contributed by atoms with Crippen molar-refractivity contribution in [2.75, 3.05) is 39.4 Å². The van der Waals surface area contributed by atoms with Gasteiger partial charge >= 0.3 is 0 Å². The van der Waals surface area contributed by atoms with E-state index in [1.54, 1.807) is 23.4 Å². The highest BCUT2D eigenvalue weighted by Crippen LogP contribution is 2.14. The van der Waals surface area contributed by atoms with E-state index in [0.29, 0.717) is 18.7 Å². The molecule has 156 valence electrons. The second kappa shape index (κ2) is 10.1. The normalized spacial score (nSPS) is 14.5. The summed E-state index contributed by atoms with van der Waals surface area (Å²) in [5.74, 6) is 0.0268. The molecule has 0 radical (unpaired) electrons. The number of pyridine rings is 1. The lowest BCUT2D eigenvalue weighted by atomic mass is 10.1. The van der Waals surface area contributed by atoms with E-state index in [0.717, 1.165) is 50.5 Å². The predicted octanol–water partition coefficient (Wildman–Crippen LogP) is 2.03. The number of hydrogen-bond acceptors (Lipinski definition) is 6. The number of aromatic nitrogens is 4. The van der Waals surface area contributed by atoms with Crippen LogP contribution in [-0.4, -0.2) is 74.8 Å². The minimum Gasteiger partial charge on any atom is -0.379 e. The first-order valence-corrected chi connectivity index (χ1v) is 10.2. The lowest BCUT2D eigenvalue weighted by molar-refractivity contribution is 0.0355. The van der Waals surface area contributed by atoms with E-state index in [-0.39, 0.29) is 5.91 Å². The molecule has 4 rings (SSSR count). The number of ether oxygens (including phenoxy) is 1. The van der Waals surface area contributed by atoms with Crippen LogP contribution in [0.4, 0.5) is 0 Å². The Hall–Kier alpha value is -3.10. The fourth-order valence-electron chi connectivity index (χ4n) is 3.55. The van der Waals surface area contributed by atoms with Gasteiger partial charge in [0.25, 0.3) is 5.91 Å². The van der Waals surface area contributed by atoms with Crippen LogP contribution in [0.5, 0.6) is 0 Å². The van der Waals surface area contributed by atoms with Crippen LogP contribution in [0.1, 0.15) is 22.3 Å². The second-order valence-electron chi connectivity index (χ2n) is 7.28. The fraction of sp³-hybridized carbons (Fsp3) is 0.364. The van der Waals surface area contributed by atoms with Crippen molar-refractivity contribution in [3.8, 4) is 5.69 Å². The monoisotopic (exact) mass is 406 g/mol. The van der Waals surface area contributed by atoms with Gasteiger partial charge < -0.3 is 9.64 Å². The fourth-order valence-corrected chi connectivity index (χ4v) is 3.55. The van der Waals surface area contributed by atoms with E-state index >= 15 is 0 Å². The molecule has 3 aromatic rings. The van der Waals surface area contributed by atoms with Crippen LogP contribution >= 0.6 is 0 Å². The van der Waals surface area contributed by atoms with Crippen molar-refractivity contribution in [1.29, 1.82) is 0 Å². The number of benzene rings is 1. The van der Waals surface area contributed by atoms with E-state index in [9.17, 15) is 4.79 Å². The number of rotatable bonds is 8. The van der Waals surface area contributed by atoms with Gasteiger partial charge in [-0.05, 0) is 48.4 Å². The second-order valence-corrected chi connectivity index (χ2v) is 7.28. The molecule has 1 fully saturated rings. The molecule has 3 heterocycles. The molecule has 0 aliphatic carbocycles. The maximum absolute atomic E-state index is 13.3. The zero-order chi connectivity index (χ0) is 20.6. The predicted molar refractivity (Wildman–Crippen MR) is 112 cm³/mol. The molecule has 8 nitrogen and oxygen atoms in total. The summed E-state index contributed by atoms with van der Waals surface area (Å²) in [7, 11) is 0. The standard InChI is InChI=1S/C22H26N6O2/c29-22(20-2-4-21(5-3-20)28-18-24-17-25-28)27(16-19-6-8-23-9-7-19)11-1-10-26-12-14-30-15-13-26/h2-9,17-18H,1,10-16H2. The number of amides is 1. The number of carbonyl (C=O) groups excluding carboxylic acids is 1. The Kier molecular flexibility index (Phi) is 6.79. The Morgan fingerprint density at radius 1 is 1.03 bits per heavy atom. The van der Waals surface area contributed by atoms with E-state index in [4.69, 9.17) is 4.74 Å². The third-order valence-electron chi connectivity index (χ3n) is 5.21. The molecule has 1 aliphatic heterocycles. The van der Waals surface area contributed by atoms with Crippen molar-refractivity contribution in [3.63, 3.8) is 0 Å². The van der Waals surface area contributed by atoms with Gasteiger partial charge in [0.1, 0.15) is 12.7 Å². The van der Waals surface area contributed by atoms with Crippen molar-refractivity contribution in [2.45, 2.75) is 13.0 Å². The Labute approximate surface area is 176 Å². The van der Waals surface area contributed by atoms with Gasteiger partial charge in [0, 0.05) is 50.7 Å². The number of carbonyl (C=O) groups is 1. The van der Waals surface area contributed by atoms with Gasteiger partial charge in [0.05, 0.1) is 18.9 Å². The van der Waals surface area contributed by atoms with Crippen molar-refractivity contribution >= 4 is 5.91 Å². The molecule has 1 aromatic carbocycles. The molecule has 1 aliphatic rings. The summed E-state index contributed by atoms with van der Waals surface area (Å²) in [5, 5.41) is 4.13. The molecule has 0 bridgehead atoms. The Morgan fingerprint density at radius 2 is 1.80 bits per heavy atom. The summed E-state index contributed by atoms with van der Waals surface area (Å²) in [6.45, 7) is 5.73. The largest absolute Gasteiger partial charge is 0.379 e. The van der Waals surface area contributed by atoms with E-state index in [1.807, 2.05) is 41.3 Å². The molecular formula is C22H26N6O2. The molecule has 8 heteroatoms. The number of nitrogens with zero attached hydrogens (tertiary/aromatic N) is 6. The zero-order valence-electron chi connectivity index (χ0n) is 16.9. The Balaban J connectivity index is 1.43. The van der Waals surface area contributed by atoms with Crippen molar-refractivity contribution in [2.24, 2.45) is 0 Å². The van der Waals surface area contributed by atoms with Crippen LogP contribution in [0, 0.1) is 0 Å². The highest BCUT2D eigenvalue weighted by molar-refractivity contribution is 5.94.